The molecule has 0 aromatic carbocycles. The van der Waals surface area contributed by atoms with Gasteiger partial charge in [0.25, 0.3) is 0 Å². The highest BCUT2D eigenvalue weighted by Gasteiger charge is 2.22. The molecule has 1 aromatic rings. The molecule has 1 unspecified atom stereocenters. The number of amides is 1. The summed E-state index contributed by atoms with van der Waals surface area (Å²) >= 11 is 1.11. The van der Waals surface area contributed by atoms with Crippen LogP contribution in [0.4, 0.5) is 0 Å². The number of nitrogens with zero attached hydrogens (tertiary/aromatic N) is 2. The van der Waals surface area contributed by atoms with Crippen LogP contribution in [-0.4, -0.2) is 33.4 Å². The average Bonchev–Trinajstić information content (AvgIpc) is 2.78. The molecule has 1 fully saturated rings. The van der Waals surface area contributed by atoms with E-state index in [1.807, 2.05) is 0 Å². The number of aromatic carboxylic acids is 1. The van der Waals surface area contributed by atoms with E-state index in [-0.39, 0.29) is 10.9 Å². The van der Waals surface area contributed by atoms with E-state index >= 15 is 0 Å². The molecule has 0 saturated carbocycles. The average molecular weight is 282 g/mol. The highest BCUT2D eigenvalue weighted by atomic mass is 32.1. The van der Waals surface area contributed by atoms with E-state index in [2.05, 4.69) is 11.9 Å². The lowest BCUT2D eigenvalue weighted by Gasteiger charge is -2.19. The number of hydrogen-bond donors (Lipinski definition) is 1. The molecule has 1 aliphatic heterocycles. The SMILES string of the molecule is CCC1CCC(=O)N(Cc2csc(C(=O)O)n2)CC1. The van der Waals surface area contributed by atoms with Crippen LogP contribution in [0.15, 0.2) is 5.38 Å². The van der Waals surface area contributed by atoms with E-state index in [4.69, 9.17) is 5.11 Å². The van der Waals surface area contributed by atoms with Crippen molar-refractivity contribution in [3.63, 3.8) is 0 Å². The first-order valence-corrected chi connectivity index (χ1v) is 7.43. The summed E-state index contributed by atoms with van der Waals surface area (Å²) in [4.78, 5) is 28.6. The van der Waals surface area contributed by atoms with Gasteiger partial charge in [-0.05, 0) is 18.8 Å². The Balaban J connectivity index is 2.00. The lowest BCUT2D eigenvalue weighted by molar-refractivity contribution is -0.131. The fourth-order valence-electron chi connectivity index (χ4n) is 2.34. The van der Waals surface area contributed by atoms with Crippen LogP contribution in [-0.2, 0) is 11.3 Å². The fourth-order valence-corrected chi connectivity index (χ4v) is 2.99. The Morgan fingerprint density at radius 2 is 2.37 bits per heavy atom. The number of aromatic nitrogens is 1. The van der Waals surface area contributed by atoms with Crippen molar-refractivity contribution in [2.45, 2.75) is 39.2 Å². The van der Waals surface area contributed by atoms with Crippen molar-refractivity contribution >= 4 is 23.2 Å². The Morgan fingerprint density at radius 1 is 1.58 bits per heavy atom. The molecule has 6 heteroatoms. The summed E-state index contributed by atoms with van der Waals surface area (Å²) in [6, 6.07) is 0. The molecule has 1 amide bonds. The second kappa shape index (κ2) is 6.14. The van der Waals surface area contributed by atoms with E-state index < -0.39 is 5.97 Å². The van der Waals surface area contributed by atoms with Gasteiger partial charge in [-0.25, -0.2) is 9.78 Å². The zero-order valence-corrected chi connectivity index (χ0v) is 11.8. The third kappa shape index (κ3) is 3.53. The van der Waals surface area contributed by atoms with Gasteiger partial charge in [0.15, 0.2) is 0 Å². The maximum Gasteiger partial charge on any atom is 0.365 e. The Morgan fingerprint density at radius 3 is 3.00 bits per heavy atom. The molecule has 2 heterocycles. The predicted molar refractivity (Wildman–Crippen MR) is 72.1 cm³/mol. The molecule has 0 aliphatic carbocycles. The standard InChI is InChI=1S/C13H18N2O3S/c1-2-9-3-4-11(16)15(6-5-9)7-10-8-19-12(14-10)13(17)18/h8-9H,2-7H2,1H3,(H,17,18). The van der Waals surface area contributed by atoms with Crippen molar-refractivity contribution in [3.8, 4) is 0 Å². The van der Waals surface area contributed by atoms with Crippen molar-refractivity contribution in [3.05, 3.63) is 16.1 Å². The molecule has 1 aromatic heterocycles. The first-order valence-electron chi connectivity index (χ1n) is 6.55. The van der Waals surface area contributed by atoms with Crippen LogP contribution in [0.5, 0.6) is 0 Å². The van der Waals surface area contributed by atoms with Gasteiger partial charge in [0.05, 0.1) is 12.2 Å². The van der Waals surface area contributed by atoms with Gasteiger partial charge in [-0.2, -0.15) is 0 Å². The normalized spacial score (nSPS) is 20.4. The minimum Gasteiger partial charge on any atom is -0.476 e. The molecule has 19 heavy (non-hydrogen) atoms. The van der Waals surface area contributed by atoms with E-state index in [1.165, 1.54) is 0 Å². The molecule has 1 aliphatic rings. The van der Waals surface area contributed by atoms with Gasteiger partial charge < -0.3 is 10.0 Å². The molecular weight excluding hydrogens is 264 g/mol. The number of carbonyl (C=O) groups excluding carboxylic acids is 1. The van der Waals surface area contributed by atoms with Gasteiger partial charge >= 0.3 is 5.97 Å². The van der Waals surface area contributed by atoms with Gasteiger partial charge in [0, 0.05) is 18.3 Å². The number of rotatable bonds is 4. The molecule has 0 radical (unpaired) electrons. The molecule has 104 valence electrons. The van der Waals surface area contributed by atoms with Crippen LogP contribution in [0, 0.1) is 5.92 Å². The summed E-state index contributed by atoms with van der Waals surface area (Å²) in [6.45, 7) is 3.33. The monoisotopic (exact) mass is 282 g/mol. The van der Waals surface area contributed by atoms with Crippen LogP contribution in [0.2, 0.25) is 0 Å². The highest BCUT2D eigenvalue weighted by Crippen LogP contribution is 2.22. The molecule has 0 spiro atoms. The minimum atomic E-state index is -1.01. The van der Waals surface area contributed by atoms with Crippen molar-refractivity contribution in [1.82, 2.24) is 9.88 Å². The quantitative estimate of drug-likeness (QED) is 0.920. The number of carbonyl (C=O) groups is 2. The largest absolute Gasteiger partial charge is 0.476 e. The van der Waals surface area contributed by atoms with Crippen LogP contribution in [0.1, 0.15) is 48.1 Å². The zero-order valence-electron chi connectivity index (χ0n) is 11.0. The van der Waals surface area contributed by atoms with Gasteiger partial charge in [-0.15, -0.1) is 11.3 Å². The number of carboxylic acid groups (broad SMARTS) is 1. The summed E-state index contributed by atoms with van der Waals surface area (Å²) in [5, 5.41) is 10.6. The summed E-state index contributed by atoms with van der Waals surface area (Å²) in [5.41, 5.74) is 0.672. The van der Waals surface area contributed by atoms with Crippen molar-refractivity contribution < 1.29 is 14.7 Å². The summed E-state index contributed by atoms with van der Waals surface area (Å²) in [7, 11) is 0. The topological polar surface area (TPSA) is 70.5 Å². The van der Waals surface area contributed by atoms with E-state index in [9.17, 15) is 9.59 Å². The second-order valence-electron chi connectivity index (χ2n) is 4.87. The van der Waals surface area contributed by atoms with Gasteiger partial charge in [0.2, 0.25) is 10.9 Å². The number of carboxylic acids is 1. The highest BCUT2D eigenvalue weighted by molar-refractivity contribution is 7.11. The first kappa shape index (κ1) is 14.0. The summed E-state index contributed by atoms with van der Waals surface area (Å²) < 4.78 is 0. The van der Waals surface area contributed by atoms with E-state index in [0.717, 1.165) is 37.1 Å². The van der Waals surface area contributed by atoms with Crippen molar-refractivity contribution in [2.75, 3.05) is 6.54 Å². The third-order valence-electron chi connectivity index (χ3n) is 3.59. The van der Waals surface area contributed by atoms with E-state index in [1.54, 1.807) is 10.3 Å². The molecule has 1 atom stereocenters. The van der Waals surface area contributed by atoms with Gasteiger partial charge in [-0.1, -0.05) is 13.3 Å². The number of thiazole rings is 1. The molecule has 0 bridgehead atoms. The van der Waals surface area contributed by atoms with Crippen LogP contribution >= 0.6 is 11.3 Å². The zero-order chi connectivity index (χ0) is 13.8. The Kier molecular flexibility index (Phi) is 4.52. The predicted octanol–water partition coefficient (Wildman–Crippen LogP) is 2.38. The van der Waals surface area contributed by atoms with E-state index in [0.29, 0.717) is 24.6 Å². The van der Waals surface area contributed by atoms with Gasteiger partial charge in [0.1, 0.15) is 0 Å². The third-order valence-corrected chi connectivity index (χ3v) is 4.47. The van der Waals surface area contributed by atoms with Crippen LogP contribution in [0.3, 0.4) is 0 Å². The molecule has 1 N–H and O–H groups in total. The lowest BCUT2D eigenvalue weighted by Crippen LogP contribution is -2.30. The molecule has 1 saturated heterocycles. The Hall–Kier alpha value is -1.43. The minimum absolute atomic E-state index is 0.0868. The van der Waals surface area contributed by atoms with Crippen molar-refractivity contribution in [1.29, 1.82) is 0 Å². The van der Waals surface area contributed by atoms with Crippen LogP contribution in [0.25, 0.3) is 0 Å². The first-order chi connectivity index (χ1) is 9.10. The molecular formula is C13H18N2O3S. The number of hydrogen-bond acceptors (Lipinski definition) is 4. The van der Waals surface area contributed by atoms with Gasteiger partial charge in [-0.3, -0.25) is 4.79 Å². The Bertz CT molecular complexity index is 472. The summed E-state index contributed by atoms with van der Waals surface area (Å²) in [5.74, 6) is -0.232. The smallest absolute Gasteiger partial charge is 0.365 e. The fraction of sp³-hybridized carbons (Fsp3) is 0.615. The maximum atomic E-state index is 12.0. The molecule has 2 rings (SSSR count). The number of likely N-dealkylation sites (tertiary alicyclic amines) is 1. The van der Waals surface area contributed by atoms with Crippen molar-refractivity contribution in [2.24, 2.45) is 5.92 Å². The second-order valence-corrected chi connectivity index (χ2v) is 5.72. The molecule has 5 nitrogen and oxygen atoms in total. The summed E-state index contributed by atoms with van der Waals surface area (Å²) in [6.07, 6.45) is 3.69. The van der Waals surface area contributed by atoms with Crippen LogP contribution < -0.4 is 0 Å². The maximum absolute atomic E-state index is 12.0. The lowest BCUT2D eigenvalue weighted by atomic mass is 9.98. The Labute approximate surface area is 116 Å².